The number of hydrogen-bond donors (Lipinski definition) is 4. The van der Waals surface area contributed by atoms with Crippen molar-refractivity contribution in [2.24, 2.45) is 0 Å². The third kappa shape index (κ3) is 11.8. The van der Waals surface area contributed by atoms with E-state index < -0.39 is 13.7 Å². The van der Waals surface area contributed by atoms with Crippen molar-refractivity contribution in [1.82, 2.24) is 10.9 Å². The van der Waals surface area contributed by atoms with Crippen LogP contribution in [0.1, 0.15) is 37.7 Å². The van der Waals surface area contributed by atoms with Crippen molar-refractivity contribution in [3.8, 4) is 0 Å². The third-order valence-corrected chi connectivity index (χ3v) is 4.05. The molecule has 0 bridgehead atoms. The number of hydrogen-bond acceptors (Lipinski definition) is 4. The fraction of sp³-hybridized carbons (Fsp3) is 0.533. The van der Waals surface area contributed by atoms with Crippen LogP contribution in [0.4, 0.5) is 4.79 Å². The molecule has 1 aromatic rings. The van der Waals surface area contributed by atoms with E-state index in [1.807, 2.05) is 30.3 Å². The first kappa shape index (κ1) is 19.6. The Kier molecular flexibility index (Phi) is 9.55. The Labute approximate surface area is 136 Å². The van der Waals surface area contributed by atoms with E-state index in [9.17, 15) is 9.36 Å². The average Bonchev–Trinajstić information content (AvgIpc) is 2.51. The van der Waals surface area contributed by atoms with Gasteiger partial charge in [0, 0.05) is 12.7 Å². The van der Waals surface area contributed by atoms with Crippen molar-refractivity contribution in [2.45, 2.75) is 38.7 Å². The summed E-state index contributed by atoms with van der Waals surface area (Å²) >= 11 is 0. The van der Waals surface area contributed by atoms with Gasteiger partial charge in [-0.3, -0.25) is 9.99 Å². The predicted molar refractivity (Wildman–Crippen MR) is 87.8 cm³/mol. The number of benzene rings is 1. The Morgan fingerprint density at radius 3 is 2.39 bits per heavy atom. The molecular weight excluding hydrogens is 319 g/mol. The average molecular weight is 344 g/mol. The van der Waals surface area contributed by atoms with E-state index in [0.717, 1.165) is 31.2 Å². The minimum absolute atomic E-state index is 0.0416. The molecule has 23 heavy (non-hydrogen) atoms. The van der Waals surface area contributed by atoms with Crippen molar-refractivity contribution in [1.29, 1.82) is 0 Å². The Bertz CT molecular complexity index is 492. The van der Waals surface area contributed by atoms with Crippen LogP contribution < -0.4 is 10.9 Å². The van der Waals surface area contributed by atoms with Crippen LogP contribution in [0.2, 0.25) is 0 Å². The summed E-state index contributed by atoms with van der Waals surface area (Å²) < 4.78 is 15.7. The molecule has 0 aromatic heterocycles. The summed E-state index contributed by atoms with van der Waals surface area (Å²) in [7, 11) is -3.85. The number of nitrogens with one attached hydrogen (secondary N) is 2. The van der Waals surface area contributed by atoms with Gasteiger partial charge in [-0.25, -0.2) is 10.2 Å². The number of rotatable bonds is 11. The SMILES string of the molecule is O=C(NNCCCCCCCP(=O)(O)O)OCc1ccccc1. The van der Waals surface area contributed by atoms with Gasteiger partial charge >= 0.3 is 13.7 Å². The highest BCUT2D eigenvalue weighted by molar-refractivity contribution is 7.51. The van der Waals surface area contributed by atoms with E-state index in [4.69, 9.17) is 14.5 Å². The van der Waals surface area contributed by atoms with Crippen LogP contribution in [0.5, 0.6) is 0 Å². The molecule has 130 valence electrons. The maximum Gasteiger partial charge on any atom is 0.421 e. The maximum atomic E-state index is 11.4. The molecule has 0 saturated heterocycles. The molecule has 0 atom stereocenters. The summed E-state index contributed by atoms with van der Waals surface area (Å²) in [5.74, 6) is 0. The number of unbranched alkanes of at least 4 members (excludes halogenated alkanes) is 4. The molecule has 1 aromatic carbocycles. The molecule has 1 rings (SSSR count). The van der Waals surface area contributed by atoms with Crippen molar-refractivity contribution in [3.63, 3.8) is 0 Å². The fourth-order valence-electron chi connectivity index (χ4n) is 1.96. The van der Waals surface area contributed by atoms with E-state index in [2.05, 4.69) is 10.9 Å². The first-order chi connectivity index (χ1) is 11.0. The molecule has 0 saturated carbocycles. The van der Waals surface area contributed by atoms with Gasteiger partial charge in [-0.05, 0) is 18.4 Å². The summed E-state index contributed by atoms with van der Waals surface area (Å²) in [5, 5.41) is 0. The first-order valence-corrected chi connectivity index (χ1v) is 9.51. The van der Waals surface area contributed by atoms with Gasteiger partial charge in [0.25, 0.3) is 0 Å². The molecule has 8 heteroatoms. The van der Waals surface area contributed by atoms with Gasteiger partial charge in [0.15, 0.2) is 0 Å². The number of amides is 1. The Morgan fingerprint density at radius 1 is 1.04 bits per heavy atom. The molecular formula is C15H25N2O5P. The second kappa shape index (κ2) is 11.2. The predicted octanol–water partition coefficient (Wildman–Crippen LogP) is 2.55. The zero-order chi connectivity index (χ0) is 17.0. The summed E-state index contributed by atoms with van der Waals surface area (Å²) in [6, 6.07) is 9.43. The van der Waals surface area contributed by atoms with Crippen LogP contribution >= 0.6 is 7.60 Å². The van der Waals surface area contributed by atoms with Crippen LogP contribution in [-0.4, -0.2) is 28.6 Å². The summed E-state index contributed by atoms with van der Waals surface area (Å²) in [4.78, 5) is 28.8. The fourth-order valence-corrected chi connectivity index (χ4v) is 2.59. The smallest absolute Gasteiger partial charge is 0.421 e. The minimum Gasteiger partial charge on any atom is -0.444 e. The molecule has 4 N–H and O–H groups in total. The number of ether oxygens (including phenoxy) is 1. The third-order valence-electron chi connectivity index (χ3n) is 3.15. The summed E-state index contributed by atoms with van der Waals surface area (Å²) in [6.45, 7) is 0.854. The monoisotopic (exact) mass is 344 g/mol. The molecule has 0 heterocycles. The minimum atomic E-state index is -3.85. The number of carbonyl (C=O) groups is 1. The lowest BCUT2D eigenvalue weighted by Crippen LogP contribution is -2.38. The van der Waals surface area contributed by atoms with Crippen molar-refractivity contribution >= 4 is 13.7 Å². The molecule has 1 amide bonds. The van der Waals surface area contributed by atoms with Gasteiger partial charge < -0.3 is 14.5 Å². The van der Waals surface area contributed by atoms with E-state index in [1.54, 1.807) is 0 Å². The topological polar surface area (TPSA) is 108 Å². The van der Waals surface area contributed by atoms with Gasteiger partial charge in [-0.15, -0.1) is 0 Å². The molecule has 0 aliphatic carbocycles. The van der Waals surface area contributed by atoms with E-state index >= 15 is 0 Å². The molecule has 0 spiro atoms. The molecule has 0 aliphatic rings. The first-order valence-electron chi connectivity index (χ1n) is 7.71. The zero-order valence-electron chi connectivity index (χ0n) is 13.1. The van der Waals surface area contributed by atoms with Gasteiger partial charge in [0.2, 0.25) is 0 Å². The Morgan fingerprint density at radius 2 is 1.70 bits per heavy atom. The lowest BCUT2D eigenvalue weighted by molar-refractivity contribution is 0.135. The highest BCUT2D eigenvalue weighted by Crippen LogP contribution is 2.35. The number of carbonyl (C=O) groups excluding carboxylic acids is 1. The van der Waals surface area contributed by atoms with Gasteiger partial charge in [0.05, 0.1) is 0 Å². The van der Waals surface area contributed by atoms with Gasteiger partial charge in [-0.2, -0.15) is 0 Å². The standard InChI is InChI=1S/C15H25N2O5P/c18-15(22-13-14-9-5-4-6-10-14)17-16-11-7-2-1-3-8-12-23(19,20)21/h4-6,9-10,16H,1-3,7-8,11-13H2,(H,17,18)(H2,19,20,21). The van der Waals surface area contributed by atoms with Crippen molar-refractivity contribution in [3.05, 3.63) is 35.9 Å². The van der Waals surface area contributed by atoms with E-state index in [-0.39, 0.29) is 12.8 Å². The number of hydrazine groups is 1. The summed E-state index contributed by atoms with van der Waals surface area (Å²) in [5.41, 5.74) is 6.18. The quantitative estimate of drug-likeness (QED) is 0.279. The van der Waals surface area contributed by atoms with E-state index in [1.165, 1.54) is 0 Å². The lowest BCUT2D eigenvalue weighted by atomic mass is 10.1. The summed E-state index contributed by atoms with van der Waals surface area (Å²) in [6.07, 6.45) is 3.51. The largest absolute Gasteiger partial charge is 0.444 e. The van der Waals surface area contributed by atoms with Crippen LogP contribution in [0.25, 0.3) is 0 Å². The molecule has 7 nitrogen and oxygen atoms in total. The molecule has 0 aliphatic heterocycles. The Hall–Kier alpha value is -1.40. The normalized spacial score (nSPS) is 11.2. The van der Waals surface area contributed by atoms with Gasteiger partial charge in [-0.1, -0.05) is 49.6 Å². The van der Waals surface area contributed by atoms with Crippen molar-refractivity contribution in [2.75, 3.05) is 12.7 Å². The van der Waals surface area contributed by atoms with Gasteiger partial charge in [0.1, 0.15) is 6.61 Å². The Balaban J connectivity index is 1.90. The van der Waals surface area contributed by atoms with Crippen LogP contribution in [0, 0.1) is 0 Å². The lowest BCUT2D eigenvalue weighted by Gasteiger charge is -2.08. The van der Waals surface area contributed by atoms with Crippen molar-refractivity contribution < 1.29 is 23.9 Å². The highest BCUT2D eigenvalue weighted by Gasteiger charge is 2.10. The van der Waals surface area contributed by atoms with Crippen LogP contribution in [0.15, 0.2) is 30.3 Å². The van der Waals surface area contributed by atoms with Crippen LogP contribution in [0.3, 0.4) is 0 Å². The van der Waals surface area contributed by atoms with Crippen LogP contribution in [-0.2, 0) is 15.9 Å². The maximum absolute atomic E-state index is 11.4. The second-order valence-electron chi connectivity index (χ2n) is 5.27. The van der Waals surface area contributed by atoms with E-state index in [0.29, 0.717) is 13.0 Å². The molecule has 0 fully saturated rings. The highest BCUT2D eigenvalue weighted by atomic mass is 31.2. The molecule has 0 radical (unpaired) electrons. The zero-order valence-corrected chi connectivity index (χ0v) is 14.0. The second-order valence-corrected chi connectivity index (χ2v) is 7.05. The molecule has 0 unspecified atom stereocenters.